The molecule has 0 radical (unpaired) electrons. The molecular formula is C10H12N2O2. The van der Waals surface area contributed by atoms with Gasteiger partial charge in [-0.05, 0) is 19.1 Å². The van der Waals surface area contributed by atoms with Crippen LogP contribution in [0.2, 0.25) is 0 Å². The van der Waals surface area contributed by atoms with Crippen LogP contribution < -0.4 is 5.32 Å². The van der Waals surface area contributed by atoms with Crippen molar-refractivity contribution in [2.45, 2.75) is 6.92 Å². The second kappa shape index (κ2) is 4.41. The molecule has 1 rings (SSSR count). The molecule has 0 unspecified atom stereocenters. The number of anilines is 1. The second-order valence-electron chi connectivity index (χ2n) is 2.86. The minimum absolute atomic E-state index is 0.240. The first-order valence-corrected chi connectivity index (χ1v) is 4.20. The van der Waals surface area contributed by atoms with Crippen molar-refractivity contribution in [2.75, 3.05) is 11.9 Å². The molecule has 0 bridgehead atoms. The lowest BCUT2D eigenvalue weighted by Crippen LogP contribution is -2.04. The third kappa shape index (κ3) is 2.58. The van der Waals surface area contributed by atoms with Crippen molar-refractivity contribution in [3.63, 3.8) is 0 Å². The Morgan fingerprint density at radius 3 is 3.00 bits per heavy atom. The zero-order valence-electron chi connectivity index (χ0n) is 7.95. The molecule has 1 heterocycles. The molecule has 2 N–H and O–H groups in total. The number of aryl methyl sites for hydroxylation is 1. The molecule has 14 heavy (non-hydrogen) atoms. The Labute approximate surface area is 82.3 Å². The Kier molecular flexibility index (Phi) is 3.23. The number of carboxylic acid groups (broad SMARTS) is 1. The number of aromatic nitrogens is 1. The monoisotopic (exact) mass is 192 g/mol. The van der Waals surface area contributed by atoms with Gasteiger partial charge in [0.2, 0.25) is 0 Å². The summed E-state index contributed by atoms with van der Waals surface area (Å²) in [7, 11) is 0. The van der Waals surface area contributed by atoms with Gasteiger partial charge in [-0.25, -0.2) is 9.78 Å². The van der Waals surface area contributed by atoms with Gasteiger partial charge in [0, 0.05) is 12.2 Å². The Bertz CT molecular complexity index is 361. The van der Waals surface area contributed by atoms with E-state index in [4.69, 9.17) is 5.11 Å². The van der Waals surface area contributed by atoms with Crippen LogP contribution in [0.4, 0.5) is 5.82 Å². The summed E-state index contributed by atoms with van der Waals surface area (Å²) in [6.07, 6.45) is 1.68. The maximum atomic E-state index is 10.7. The summed E-state index contributed by atoms with van der Waals surface area (Å²) in [4.78, 5) is 14.8. The van der Waals surface area contributed by atoms with Gasteiger partial charge in [0.1, 0.15) is 5.82 Å². The van der Waals surface area contributed by atoms with Gasteiger partial charge < -0.3 is 10.4 Å². The summed E-state index contributed by atoms with van der Waals surface area (Å²) in [6, 6.07) is 3.03. The fourth-order valence-corrected chi connectivity index (χ4v) is 1.06. The first-order chi connectivity index (χ1) is 6.63. The molecule has 1 aromatic heterocycles. The third-order valence-corrected chi connectivity index (χ3v) is 1.63. The molecule has 0 spiro atoms. The molecule has 4 heteroatoms. The number of pyridine rings is 1. The molecule has 0 amide bonds. The van der Waals surface area contributed by atoms with Crippen LogP contribution in [-0.2, 0) is 0 Å². The number of rotatable bonds is 4. The number of nitrogens with one attached hydrogen (secondary N) is 1. The Morgan fingerprint density at radius 1 is 1.71 bits per heavy atom. The molecule has 0 aromatic carbocycles. The number of hydrogen-bond acceptors (Lipinski definition) is 3. The molecule has 0 saturated carbocycles. The number of hydrogen-bond donors (Lipinski definition) is 2. The SMILES string of the molecule is C=CCNc1cc(C(=O)O)cc(C)n1. The van der Waals surface area contributed by atoms with Gasteiger partial charge in [0.25, 0.3) is 0 Å². The Hall–Kier alpha value is -1.84. The fraction of sp³-hybridized carbons (Fsp3) is 0.200. The molecule has 0 atom stereocenters. The van der Waals surface area contributed by atoms with Crippen LogP contribution in [0.3, 0.4) is 0 Å². The summed E-state index contributed by atoms with van der Waals surface area (Å²) in [6.45, 7) is 5.87. The maximum absolute atomic E-state index is 10.7. The highest BCUT2D eigenvalue weighted by Crippen LogP contribution is 2.09. The lowest BCUT2D eigenvalue weighted by Gasteiger charge is -2.04. The molecule has 0 aliphatic rings. The molecule has 0 saturated heterocycles. The van der Waals surface area contributed by atoms with Gasteiger partial charge in [-0.3, -0.25) is 0 Å². The molecule has 0 fully saturated rings. The van der Waals surface area contributed by atoms with E-state index >= 15 is 0 Å². The van der Waals surface area contributed by atoms with Gasteiger partial charge in [-0.2, -0.15) is 0 Å². The van der Waals surface area contributed by atoms with Crippen LogP contribution in [0, 0.1) is 6.92 Å². The number of carbonyl (C=O) groups is 1. The average molecular weight is 192 g/mol. The third-order valence-electron chi connectivity index (χ3n) is 1.63. The Morgan fingerprint density at radius 2 is 2.43 bits per heavy atom. The molecule has 74 valence electrons. The van der Waals surface area contributed by atoms with Crippen molar-refractivity contribution in [1.29, 1.82) is 0 Å². The predicted octanol–water partition coefficient (Wildman–Crippen LogP) is 1.69. The number of nitrogens with zero attached hydrogens (tertiary/aromatic N) is 1. The van der Waals surface area contributed by atoms with Gasteiger partial charge in [0.15, 0.2) is 0 Å². The smallest absolute Gasteiger partial charge is 0.335 e. The van der Waals surface area contributed by atoms with Crippen molar-refractivity contribution in [3.05, 3.63) is 36.0 Å². The van der Waals surface area contributed by atoms with Crippen LogP contribution >= 0.6 is 0 Å². The molecule has 4 nitrogen and oxygen atoms in total. The van der Waals surface area contributed by atoms with Gasteiger partial charge in [0.05, 0.1) is 5.56 Å². The van der Waals surface area contributed by atoms with Crippen molar-refractivity contribution >= 4 is 11.8 Å². The highest BCUT2D eigenvalue weighted by atomic mass is 16.4. The van der Waals surface area contributed by atoms with Crippen molar-refractivity contribution < 1.29 is 9.90 Å². The van der Waals surface area contributed by atoms with Crippen LogP contribution in [0.15, 0.2) is 24.8 Å². The zero-order valence-corrected chi connectivity index (χ0v) is 7.95. The zero-order chi connectivity index (χ0) is 10.6. The summed E-state index contributed by atoms with van der Waals surface area (Å²) in [5.74, 6) is -0.389. The lowest BCUT2D eigenvalue weighted by atomic mass is 10.2. The second-order valence-corrected chi connectivity index (χ2v) is 2.86. The van der Waals surface area contributed by atoms with Crippen molar-refractivity contribution in [2.24, 2.45) is 0 Å². The average Bonchev–Trinajstić information content (AvgIpc) is 2.14. The van der Waals surface area contributed by atoms with E-state index in [0.717, 1.165) is 0 Å². The topological polar surface area (TPSA) is 62.2 Å². The normalized spacial score (nSPS) is 9.50. The fourth-order valence-electron chi connectivity index (χ4n) is 1.06. The lowest BCUT2D eigenvalue weighted by molar-refractivity contribution is 0.0696. The molecule has 0 aliphatic heterocycles. The maximum Gasteiger partial charge on any atom is 0.335 e. The first kappa shape index (κ1) is 10.2. The van der Waals surface area contributed by atoms with E-state index in [1.165, 1.54) is 12.1 Å². The minimum atomic E-state index is -0.947. The van der Waals surface area contributed by atoms with E-state index in [1.807, 2.05) is 0 Å². The highest BCUT2D eigenvalue weighted by molar-refractivity contribution is 5.88. The highest BCUT2D eigenvalue weighted by Gasteiger charge is 2.05. The van der Waals surface area contributed by atoms with Crippen LogP contribution in [0.5, 0.6) is 0 Å². The van der Waals surface area contributed by atoms with E-state index in [2.05, 4.69) is 16.9 Å². The predicted molar refractivity (Wildman–Crippen MR) is 54.6 cm³/mol. The Balaban J connectivity index is 2.94. The summed E-state index contributed by atoms with van der Waals surface area (Å²) < 4.78 is 0. The quantitative estimate of drug-likeness (QED) is 0.712. The van der Waals surface area contributed by atoms with E-state index in [1.54, 1.807) is 13.0 Å². The number of aromatic carboxylic acids is 1. The van der Waals surface area contributed by atoms with E-state index in [-0.39, 0.29) is 5.56 Å². The van der Waals surface area contributed by atoms with E-state index < -0.39 is 5.97 Å². The van der Waals surface area contributed by atoms with Gasteiger partial charge in [-0.15, -0.1) is 6.58 Å². The molecular weight excluding hydrogens is 180 g/mol. The molecule has 1 aromatic rings. The molecule has 0 aliphatic carbocycles. The standard InChI is InChI=1S/C10H12N2O2/c1-3-4-11-9-6-8(10(13)14)5-7(2)12-9/h3,5-6H,1,4H2,2H3,(H,11,12)(H,13,14). The minimum Gasteiger partial charge on any atom is -0.478 e. The van der Waals surface area contributed by atoms with Crippen LogP contribution in [0.25, 0.3) is 0 Å². The van der Waals surface area contributed by atoms with Crippen molar-refractivity contribution in [1.82, 2.24) is 4.98 Å². The number of carboxylic acids is 1. The van der Waals surface area contributed by atoms with Crippen LogP contribution in [0.1, 0.15) is 16.1 Å². The van der Waals surface area contributed by atoms with Gasteiger partial charge in [-0.1, -0.05) is 6.08 Å². The summed E-state index contributed by atoms with van der Waals surface area (Å²) in [5, 5.41) is 11.7. The summed E-state index contributed by atoms with van der Waals surface area (Å²) >= 11 is 0. The van der Waals surface area contributed by atoms with Gasteiger partial charge >= 0.3 is 5.97 Å². The van der Waals surface area contributed by atoms with Crippen molar-refractivity contribution in [3.8, 4) is 0 Å². The largest absolute Gasteiger partial charge is 0.478 e. The van der Waals surface area contributed by atoms with E-state index in [9.17, 15) is 4.79 Å². The summed E-state index contributed by atoms with van der Waals surface area (Å²) in [5.41, 5.74) is 0.917. The first-order valence-electron chi connectivity index (χ1n) is 4.20. The van der Waals surface area contributed by atoms with Crippen LogP contribution in [-0.4, -0.2) is 22.6 Å². The van der Waals surface area contributed by atoms with E-state index in [0.29, 0.717) is 18.1 Å².